The third-order valence-electron chi connectivity index (χ3n) is 3.75. The minimum Gasteiger partial charge on any atom is -0.284 e. The van der Waals surface area contributed by atoms with Gasteiger partial charge in [0.25, 0.3) is 5.56 Å². The minimum absolute atomic E-state index is 0.0178. The zero-order chi connectivity index (χ0) is 17.4. The van der Waals surface area contributed by atoms with Crippen LogP contribution in [0.3, 0.4) is 0 Å². The Morgan fingerprint density at radius 1 is 1.29 bits per heavy atom. The van der Waals surface area contributed by atoms with E-state index in [-0.39, 0.29) is 11.6 Å². The molecule has 0 atom stereocenters. The lowest BCUT2D eigenvalue weighted by molar-refractivity contribution is 0.519. The van der Waals surface area contributed by atoms with Crippen molar-refractivity contribution in [2.45, 2.75) is 43.9 Å². The molecule has 0 bridgehead atoms. The van der Waals surface area contributed by atoms with Crippen LogP contribution in [0, 0.1) is 25.2 Å². The smallest absolute Gasteiger partial charge is 0.263 e. The number of thiophene rings is 1. The highest BCUT2D eigenvalue weighted by Crippen LogP contribution is 2.31. The molecule has 3 rings (SSSR count). The average molecular weight is 356 g/mol. The molecule has 0 spiro atoms. The van der Waals surface area contributed by atoms with Gasteiger partial charge >= 0.3 is 0 Å². The monoisotopic (exact) mass is 356 g/mol. The van der Waals surface area contributed by atoms with Crippen molar-refractivity contribution < 1.29 is 0 Å². The van der Waals surface area contributed by atoms with Gasteiger partial charge in [0.15, 0.2) is 5.16 Å². The van der Waals surface area contributed by atoms with E-state index in [1.807, 2.05) is 39.8 Å². The summed E-state index contributed by atoms with van der Waals surface area (Å²) in [6, 6.07) is 7.27. The van der Waals surface area contributed by atoms with Gasteiger partial charge in [-0.15, -0.1) is 11.3 Å². The summed E-state index contributed by atoms with van der Waals surface area (Å²) >= 11 is 2.85. The molecule has 0 fully saturated rings. The Labute approximate surface area is 148 Å². The minimum atomic E-state index is -0.0179. The van der Waals surface area contributed by atoms with Crippen LogP contribution in [0.4, 0.5) is 0 Å². The van der Waals surface area contributed by atoms with E-state index in [1.54, 1.807) is 16.7 Å². The highest BCUT2D eigenvalue weighted by molar-refractivity contribution is 7.99. The molecule has 0 aliphatic rings. The van der Waals surface area contributed by atoms with Gasteiger partial charge in [0.05, 0.1) is 5.39 Å². The van der Waals surface area contributed by atoms with E-state index in [2.05, 4.69) is 4.98 Å². The SMILES string of the molecule is Cc1sc2nc(Sc3cccc(C#N)n3)n(C(C)C)c(=O)c2c1C. The molecular weight excluding hydrogens is 340 g/mol. The summed E-state index contributed by atoms with van der Waals surface area (Å²) < 4.78 is 1.70. The Balaban J connectivity index is 2.21. The van der Waals surface area contributed by atoms with E-state index in [1.165, 1.54) is 23.1 Å². The highest BCUT2D eigenvalue weighted by atomic mass is 32.2. The van der Waals surface area contributed by atoms with Crippen LogP contribution in [-0.4, -0.2) is 14.5 Å². The van der Waals surface area contributed by atoms with Gasteiger partial charge < -0.3 is 0 Å². The number of fused-ring (bicyclic) bond motifs is 1. The molecular formula is C17H16N4OS2. The Bertz CT molecular complexity index is 1030. The molecule has 0 unspecified atom stereocenters. The van der Waals surface area contributed by atoms with Crippen LogP contribution >= 0.6 is 23.1 Å². The molecule has 3 heterocycles. The molecule has 0 aliphatic carbocycles. The largest absolute Gasteiger partial charge is 0.284 e. The number of hydrogen-bond acceptors (Lipinski definition) is 6. The van der Waals surface area contributed by atoms with Crippen molar-refractivity contribution in [3.05, 3.63) is 44.7 Å². The van der Waals surface area contributed by atoms with Crippen LogP contribution < -0.4 is 5.56 Å². The topological polar surface area (TPSA) is 71.6 Å². The molecule has 122 valence electrons. The van der Waals surface area contributed by atoms with Crippen molar-refractivity contribution in [1.29, 1.82) is 5.26 Å². The molecule has 3 aromatic heterocycles. The normalized spacial score (nSPS) is 11.2. The summed E-state index contributed by atoms with van der Waals surface area (Å²) in [6.07, 6.45) is 0. The molecule has 24 heavy (non-hydrogen) atoms. The fourth-order valence-corrected chi connectivity index (χ4v) is 4.53. The molecule has 0 amide bonds. The summed E-state index contributed by atoms with van der Waals surface area (Å²) in [4.78, 5) is 23.8. The molecule has 7 heteroatoms. The van der Waals surface area contributed by atoms with Crippen molar-refractivity contribution >= 4 is 33.3 Å². The van der Waals surface area contributed by atoms with Gasteiger partial charge in [-0.3, -0.25) is 9.36 Å². The summed E-state index contributed by atoms with van der Waals surface area (Å²) in [5, 5.41) is 11.0. The van der Waals surface area contributed by atoms with Crippen LogP contribution in [0.1, 0.15) is 36.0 Å². The van der Waals surface area contributed by atoms with Gasteiger partial charge in [-0.1, -0.05) is 6.07 Å². The van der Waals surface area contributed by atoms with Crippen LogP contribution in [-0.2, 0) is 0 Å². The predicted molar refractivity (Wildman–Crippen MR) is 96.8 cm³/mol. The van der Waals surface area contributed by atoms with E-state index in [0.29, 0.717) is 21.3 Å². The van der Waals surface area contributed by atoms with Crippen molar-refractivity contribution in [2.24, 2.45) is 0 Å². The number of pyridine rings is 1. The molecule has 0 saturated heterocycles. The Kier molecular flexibility index (Phi) is 4.43. The van der Waals surface area contributed by atoms with Gasteiger partial charge in [-0.25, -0.2) is 9.97 Å². The standard InChI is InChI=1S/C17H16N4OS2/c1-9(2)21-16(22)14-10(3)11(4)23-15(14)20-17(21)24-13-7-5-6-12(8-18)19-13/h5-7,9H,1-4H3. The zero-order valence-corrected chi connectivity index (χ0v) is 15.5. The maximum Gasteiger partial charge on any atom is 0.263 e. The number of nitriles is 1. The average Bonchev–Trinajstić information content (AvgIpc) is 2.82. The highest BCUT2D eigenvalue weighted by Gasteiger charge is 2.19. The quantitative estimate of drug-likeness (QED) is 0.661. The van der Waals surface area contributed by atoms with E-state index >= 15 is 0 Å². The van der Waals surface area contributed by atoms with Crippen LogP contribution in [0.25, 0.3) is 10.2 Å². The summed E-state index contributed by atoms with van der Waals surface area (Å²) in [5.74, 6) is 0. The molecule has 3 aromatic rings. The number of aryl methyl sites for hydroxylation is 2. The first-order chi connectivity index (χ1) is 11.4. The van der Waals surface area contributed by atoms with Gasteiger partial charge in [-0.05, 0) is 57.2 Å². The second-order valence-corrected chi connectivity index (χ2v) is 7.89. The van der Waals surface area contributed by atoms with Crippen molar-refractivity contribution in [2.75, 3.05) is 0 Å². The number of nitrogens with zero attached hydrogens (tertiary/aromatic N) is 4. The lowest BCUT2D eigenvalue weighted by Gasteiger charge is -2.15. The van der Waals surface area contributed by atoms with Crippen LogP contribution in [0.15, 0.2) is 33.2 Å². The van der Waals surface area contributed by atoms with E-state index < -0.39 is 0 Å². The van der Waals surface area contributed by atoms with Crippen LogP contribution in [0.2, 0.25) is 0 Å². The van der Waals surface area contributed by atoms with Crippen molar-refractivity contribution in [1.82, 2.24) is 14.5 Å². The van der Waals surface area contributed by atoms with Crippen molar-refractivity contribution in [3.8, 4) is 6.07 Å². The molecule has 0 N–H and O–H groups in total. The lowest BCUT2D eigenvalue weighted by Crippen LogP contribution is -2.24. The summed E-state index contributed by atoms with van der Waals surface area (Å²) in [5.41, 5.74) is 1.33. The Morgan fingerprint density at radius 3 is 2.71 bits per heavy atom. The Hall–Kier alpha value is -2.17. The second kappa shape index (κ2) is 6.38. The number of hydrogen-bond donors (Lipinski definition) is 0. The van der Waals surface area contributed by atoms with Gasteiger partial charge in [-0.2, -0.15) is 5.26 Å². The van der Waals surface area contributed by atoms with Gasteiger partial charge in [0.2, 0.25) is 0 Å². The third kappa shape index (κ3) is 2.83. The van der Waals surface area contributed by atoms with Crippen molar-refractivity contribution in [3.63, 3.8) is 0 Å². The van der Waals surface area contributed by atoms with Gasteiger partial charge in [0.1, 0.15) is 21.6 Å². The van der Waals surface area contributed by atoms with E-state index in [4.69, 9.17) is 10.2 Å². The van der Waals surface area contributed by atoms with E-state index in [9.17, 15) is 4.79 Å². The summed E-state index contributed by atoms with van der Waals surface area (Å²) in [7, 11) is 0. The van der Waals surface area contributed by atoms with E-state index in [0.717, 1.165) is 15.3 Å². The molecule has 0 radical (unpaired) electrons. The third-order valence-corrected chi connectivity index (χ3v) is 5.76. The van der Waals surface area contributed by atoms with Gasteiger partial charge in [0, 0.05) is 10.9 Å². The number of aromatic nitrogens is 3. The summed E-state index contributed by atoms with van der Waals surface area (Å²) in [6.45, 7) is 7.90. The molecule has 0 aliphatic heterocycles. The van der Waals surface area contributed by atoms with Crippen LogP contribution in [0.5, 0.6) is 0 Å². The fourth-order valence-electron chi connectivity index (χ4n) is 2.44. The molecule has 5 nitrogen and oxygen atoms in total. The lowest BCUT2D eigenvalue weighted by atomic mass is 10.2. The Morgan fingerprint density at radius 2 is 2.04 bits per heavy atom. The maximum atomic E-state index is 13.0. The second-order valence-electron chi connectivity index (χ2n) is 5.70. The fraction of sp³-hybridized carbons (Fsp3) is 0.294. The molecule has 0 aromatic carbocycles. The first kappa shape index (κ1) is 16.7. The zero-order valence-electron chi connectivity index (χ0n) is 13.8. The first-order valence-corrected chi connectivity index (χ1v) is 9.13. The number of rotatable bonds is 3. The maximum absolute atomic E-state index is 13.0. The first-order valence-electron chi connectivity index (χ1n) is 7.49. The predicted octanol–water partition coefficient (Wildman–Crippen LogP) is 4.07. The molecule has 0 saturated carbocycles.